The summed E-state index contributed by atoms with van der Waals surface area (Å²) in [5, 5.41) is -0.274. The number of sulfone groups is 1. The third kappa shape index (κ3) is 3.56. The Bertz CT molecular complexity index is 448. The molecule has 0 aliphatic carbocycles. The molecule has 104 valence electrons. The van der Waals surface area contributed by atoms with E-state index in [1.165, 1.54) is 0 Å². The fourth-order valence-corrected chi connectivity index (χ4v) is 3.62. The van der Waals surface area contributed by atoms with Gasteiger partial charge in [0, 0.05) is 14.6 Å². The van der Waals surface area contributed by atoms with Gasteiger partial charge in [0.1, 0.15) is 0 Å². The molecule has 3 nitrogen and oxygen atoms in total. The summed E-state index contributed by atoms with van der Waals surface area (Å²) in [5.41, 5.74) is 1.07. The van der Waals surface area contributed by atoms with Crippen LogP contribution in [0.25, 0.3) is 0 Å². The maximum Gasteiger partial charge on any atom is 0.181 e. The molecule has 1 aliphatic heterocycles. The van der Waals surface area contributed by atoms with E-state index < -0.39 is 9.84 Å². The van der Waals surface area contributed by atoms with E-state index in [0.717, 1.165) is 5.56 Å². The second-order valence-electron chi connectivity index (χ2n) is 4.17. The van der Waals surface area contributed by atoms with Gasteiger partial charge in [-0.15, -0.1) is 0 Å². The lowest BCUT2D eigenvalue weighted by molar-refractivity contribution is 0.0983. The van der Waals surface area contributed by atoms with E-state index in [2.05, 4.69) is 0 Å². The standard InChI is InChI=1S/C12H16O3S.C2H6.H2/c1-10-2-4-11(5-3-10)16(13,14)12-6-8-15-9-7-12;1-2;/h2-5,12H,6-9H2,1H3;1-2H3;1H. The molecule has 1 aromatic rings. The van der Waals surface area contributed by atoms with Gasteiger partial charge in [-0.2, -0.15) is 0 Å². The number of benzene rings is 1. The van der Waals surface area contributed by atoms with Crippen LogP contribution in [-0.2, 0) is 14.6 Å². The van der Waals surface area contributed by atoms with Crippen molar-refractivity contribution < 1.29 is 14.6 Å². The van der Waals surface area contributed by atoms with E-state index >= 15 is 0 Å². The first kappa shape index (κ1) is 15.2. The summed E-state index contributed by atoms with van der Waals surface area (Å²) in [6.45, 7) is 7.05. The van der Waals surface area contributed by atoms with Crippen LogP contribution in [0.2, 0.25) is 0 Å². The molecular weight excluding hydrogens is 248 g/mol. The van der Waals surface area contributed by atoms with Crippen molar-refractivity contribution >= 4 is 9.84 Å². The minimum Gasteiger partial charge on any atom is -0.381 e. The number of aryl methyl sites for hydroxylation is 1. The highest BCUT2D eigenvalue weighted by atomic mass is 32.2. The summed E-state index contributed by atoms with van der Waals surface area (Å²) in [5.74, 6) is 0. The zero-order valence-corrected chi connectivity index (χ0v) is 12.2. The Hall–Kier alpha value is -0.870. The van der Waals surface area contributed by atoms with Crippen molar-refractivity contribution in [1.29, 1.82) is 0 Å². The van der Waals surface area contributed by atoms with Gasteiger partial charge >= 0.3 is 0 Å². The normalized spacial score (nSPS) is 16.8. The number of ether oxygens (including phenoxy) is 1. The van der Waals surface area contributed by atoms with Gasteiger partial charge in [-0.1, -0.05) is 31.5 Å². The van der Waals surface area contributed by atoms with Crippen molar-refractivity contribution in [3.8, 4) is 0 Å². The van der Waals surface area contributed by atoms with Crippen molar-refractivity contribution in [2.75, 3.05) is 13.2 Å². The molecule has 1 fully saturated rings. The van der Waals surface area contributed by atoms with Crippen LogP contribution in [0.3, 0.4) is 0 Å². The van der Waals surface area contributed by atoms with Gasteiger partial charge in [0.05, 0.1) is 10.1 Å². The molecule has 0 amide bonds. The first-order valence-corrected chi connectivity index (χ1v) is 8.03. The minimum absolute atomic E-state index is 0. The Labute approximate surface area is 112 Å². The second kappa shape index (κ2) is 6.90. The summed E-state index contributed by atoms with van der Waals surface area (Å²) in [6.07, 6.45) is 1.21. The zero-order chi connectivity index (χ0) is 13.6. The van der Waals surface area contributed by atoms with Gasteiger partial charge in [0.2, 0.25) is 0 Å². The number of hydrogen-bond donors (Lipinski definition) is 0. The van der Waals surface area contributed by atoms with Gasteiger partial charge in [0.25, 0.3) is 0 Å². The maximum atomic E-state index is 12.2. The third-order valence-electron chi connectivity index (χ3n) is 2.96. The quantitative estimate of drug-likeness (QED) is 0.830. The molecule has 0 saturated carbocycles. The van der Waals surface area contributed by atoms with E-state index in [-0.39, 0.29) is 6.68 Å². The molecule has 0 bridgehead atoms. The lowest BCUT2D eigenvalue weighted by Gasteiger charge is -2.22. The summed E-state index contributed by atoms with van der Waals surface area (Å²) in [6, 6.07) is 7.07. The number of hydrogen-bond acceptors (Lipinski definition) is 3. The molecule has 0 atom stereocenters. The molecule has 0 radical (unpaired) electrons. The van der Waals surface area contributed by atoms with Crippen LogP contribution in [0.15, 0.2) is 29.2 Å². The molecule has 1 saturated heterocycles. The molecule has 2 rings (SSSR count). The molecule has 0 spiro atoms. The average Bonchev–Trinajstić information content (AvgIpc) is 2.42. The average molecular weight is 272 g/mol. The minimum atomic E-state index is -3.16. The van der Waals surface area contributed by atoms with Crippen molar-refractivity contribution in [1.82, 2.24) is 0 Å². The molecule has 18 heavy (non-hydrogen) atoms. The monoisotopic (exact) mass is 272 g/mol. The van der Waals surface area contributed by atoms with Crippen LogP contribution in [0.1, 0.15) is 33.7 Å². The van der Waals surface area contributed by atoms with Crippen LogP contribution < -0.4 is 0 Å². The Morgan fingerprint density at radius 1 is 1.11 bits per heavy atom. The number of rotatable bonds is 2. The topological polar surface area (TPSA) is 43.4 Å². The van der Waals surface area contributed by atoms with Gasteiger partial charge in [-0.05, 0) is 31.9 Å². The van der Waals surface area contributed by atoms with Gasteiger partial charge < -0.3 is 4.74 Å². The molecular formula is C14H24O3S. The first-order valence-electron chi connectivity index (χ1n) is 6.49. The summed E-state index contributed by atoms with van der Waals surface area (Å²) in [4.78, 5) is 0.435. The Kier molecular flexibility index (Phi) is 5.82. The third-order valence-corrected chi connectivity index (χ3v) is 5.23. The second-order valence-corrected chi connectivity index (χ2v) is 6.40. The Balaban J connectivity index is 0.00000103. The van der Waals surface area contributed by atoms with Gasteiger partial charge in [0.15, 0.2) is 9.84 Å². The van der Waals surface area contributed by atoms with Crippen LogP contribution in [0.5, 0.6) is 0 Å². The van der Waals surface area contributed by atoms with Gasteiger partial charge in [-0.3, -0.25) is 0 Å². The Morgan fingerprint density at radius 3 is 2.11 bits per heavy atom. The highest BCUT2D eigenvalue weighted by Gasteiger charge is 2.28. The first-order chi connectivity index (χ1) is 8.60. The summed E-state index contributed by atoms with van der Waals surface area (Å²) in [7, 11) is -3.16. The van der Waals surface area contributed by atoms with E-state index in [4.69, 9.17) is 4.74 Å². The van der Waals surface area contributed by atoms with E-state index in [1.807, 2.05) is 32.9 Å². The lowest BCUT2D eigenvalue weighted by Crippen LogP contribution is -2.28. The maximum absolute atomic E-state index is 12.2. The predicted octanol–water partition coefficient (Wildman–Crippen LogP) is 3.22. The predicted molar refractivity (Wildman–Crippen MR) is 75.7 cm³/mol. The molecule has 1 heterocycles. The summed E-state index contributed by atoms with van der Waals surface area (Å²) < 4.78 is 29.7. The molecule has 1 aromatic carbocycles. The summed E-state index contributed by atoms with van der Waals surface area (Å²) >= 11 is 0. The Morgan fingerprint density at radius 2 is 1.61 bits per heavy atom. The highest BCUT2D eigenvalue weighted by molar-refractivity contribution is 7.92. The van der Waals surface area contributed by atoms with Crippen LogP contribution in [0, 0.1) is 6.92 Å². The van der Waals surface area contributed by atoms with Crippen LogP contribution in [-0.4, -0.2) is 26.9 Å². The molecule has 0 unspecified atom stereocenters. The lowest BCUT2D eigenvalue weighted by atomic mass is 10.2. The zero-order valence-electron chi connectivity index (χ0n) is 11.3. The van der Waals surface area contributed by atoms with E-state index in [1.54, 1.807) is 12.1 Å². The van der Waals surface area contributed by atoms with Crippen molar-refractivity contribution in [2.24, 2.45) is 0 Å². The molecule has 0 N–H and O–H groups in total. The van der Waals surface area contributed by atoms with Crippen molar-refractivity contribution in [3.63, 3.8) is 0 Å². The molecule has 4 heteroatoms. The van der Waals surface area contributed by atoms with Gasteiger partial charge in [-0.25, -0.2) is 8.42 Å². The fraction of sp³-hybridized carbons (Fsp3) is 0.571. The van der Waals surface area contributed by atoms with Crippen molar-refractivity contribution in [3.05, 3.63) is 29.8 Å². The molecule has 1 aliphatic rings. The highest BCUT2D eigenvalue weighted by Crippen LogP contribution is 2.23. The van der Waals surface area contributed by atoms with Crippen LogP contribution in [0.4, 0.5) is 0 Å². The SMILES string of the molecule is CC.Cc1ccc(S(=O)(=O)C2CCOCC2)cc1.[HH]. The fourth-order valence-electron chi connectivity index (χ4n) is 1.91. The van der Waals surface area contributed by atoms with E-state index in [0.29, 0.717) is 31.0 Å². The van der Waals surface area contributed by atoms with E-state index in [9.17, 15) is 8.42 Å². The molecule has 0 aromatic heterocycles. The smallest absolute Gasteiger partial charge is 0.181 e. The van der Waals surface area contributed by atoms with Crippen LogP contribution >= 0.6 is 0 Å². The largest absolute Gasteiger partial charge is 0.381 e. The van der Waals surface area contributed by atoms with Crippen molar-refractivity contribution in [2.45, 2.75) is 43.8 Å².